The van der Waals surface area contributed by atoms with Crippen molar-refractivity contribution < 1.29 is 13.2 Å². The van der Waals surface area contributed by atoms with Crippen LogP contribution in [0.2, 0.25) is 0 Å². The highest BCUT2D eigenvalue weighted by molar-refractivity contribution is 7.89. The third-order valence-electron chi connectivity index (χ3n) is 6.14. The van der Waals surface area contributed by atoms with Crippen LogP contribution in [-0.4, -0.2) is 88.8 Å². The van der Waals surface area contributed by atoms with Gasteiger partial charge in [-0.15, -0.1) is 0 Å². The second kappa shape index (κ2) is 9.02. The number of amides is 1. The first-order valence-corrected chi connectivity index (χ1v) is 11.9. The van der Waals surface area contributed by atoms with Gasteiger partial charge < -0.3 is 9.80 Å². The summed E-state index contributed by atoms with van der Waals surface area (Å²) in [7, 11) is 2.97. The van der Waals surface area contributed by atoms with Crippen molar-refractivity contribution in [3.05, 3.63) is 23.8 Å². The molecule has 0 atom stereocenters. The van der Waals surface area contributed by atoms with Crippen molar-refractivity contribution in [3.63, 3.8) is 0 Å². The molecule has 162 valence electrons. The number of benzene rings is 1. The zero-order valence-corrected chi connectivity index (χ0v) is 18.9. The highest BCUT2D eigenvalue weighted by atomic mass is 32.2. The molecule has 1 aliphatic carbocycles. The van der Waals surface area contributed by atoms with Gasteiger partial charge in [-0.25, -0.2) is 12.7 Å². The van der Waals surface area contributed by atoms with Crippen LogP contribution in [0.25, 0.3) is 0 Å². The van der Waals surface area contributed by atoms with Crippen molar-refractivity contribution in [1.29, 1.82) is 0 Å². The zero-order valence-electron chi connectivity index (χ0n) is 18.1. The number of rotatable bonds is 5. The molecular formula is C21H34N4O3S. The fourth-order valence-corrected chi connectivity index (χ4v) is 5.52. The van der Waals surface area contributed by atoms with Crippen molar-refractivity contribution in [2.24, 2.45) is 0 Å². The van der Waals surface area contributed by atoms with Gasteiger partial charge in [0.25, 0.3) is 5.91 Å². The molecule has 2 aliphatic rings. The molecule has 1 amide bonds. The number of carbonyl (C=O) groups excluding carboxylic acids is 1. The second-order valence-corrected chi connectivity index (χ2v) is 10.6. The van der Waals surface area contributed by atoms with Crippen molar-refractivity contribution in [2.45, 2.75) is 43.0 Å². The Hall–Kier alpha value is -1.64. The summed E-state index contributed by atoms with van der Waals surface area (Å²) in [5.74, 6) is -0.0891. The minimum atomic E-state index is -3.65. The molecule has 0 aromatic heterocycles. The molecule has 3 rings (SSSR count). The highest BCUT2D eigenvalue weighted by Gasteiger charge is 2.29. The topological polar surface area (TPSA) is 64.2 Å². The molecule has 1 saturated heterocycles. The van der Waals surface area contributed by atoms with E-state index in [2.05, 4.69) is 4.90 Å². The molecule has 7 nitrogen and oxygen atoms in total. The molecular weight excluding hydrogens is 388 g/mol. The van der Waals surface area contributed by atoms with Crippen molar-refractivity contribution in [1.82, 2.24) is 14.1 Å². The Balaban J connectivity index is 1.76. The van der Waals surface area contributed by atoms with Crippen LogP contribution >= 0.6 is 0 Å². The van der Waals surface area contributed by atoms with Gasteiger partial charge in [-0.1, -0.05) is 19.3 Å². The predicted molar refractivity (Wildman–Crippen MR) is 116 cm³/mol. The molecule has 8 heteroatoms. The van der Waals surface area contributed by atoms with Gasteiger partial charge in [0.15, 0.2) is 0 Å². The lowest BCUT2D eigenvalue weighted by atomic mass is 9.94. The average molecular weight is 423 g/mol. The predicted octanol–water partition coefficient (Wildman–Crippen LogP) is 2.09. The molecule has 0 N–H and O–H groups in total. The molecule has 2 fully saturated rings. The normalized spacial score (nSPS) is 19.6. The molecule has 1 aromatic rings. The highest BCUT2D eigenvalue weighted by Crippen LogP contribution is 2.28. The number of anilines is 1. The SMILES string of the molecule is CN(C)c1ccc(C(=O)N2CCN(C3CCCCC3)CC2)cc1S(=O)(=O)N(C)C. The van der Waals surface area contributed by atoms with E-state index in [0.717, 1.165) is 13.1 Å². The molecule has 29 heavy (non-hydrogen) atoms. The van der Waals surface area contributed by atoms with Gasteiger partial charge in [0.05, 0.1) is 5.69 Å². The van der Waals surface area contributed by atoms with E-state index in [9.17, 15) is 13.2 Å². The van der Waals surface area contributed by atoms with Gasteiger partial charge in [0.2, 0.25) is 10.0 Å². The number of nitrogens with zero attached hydrogens (tertiary/aromatic N) is 4. The maximum absolute atomic E-state index is 13.1. The molecule has 0 bridgehead atoms. The zero-order chi connectivity index (χ0) is 21.2. The first kappa shape index (κ1) is 22.1. The van der Waals surface area contributed by atoms with Crippen LogP contribution in [-0.2, 0) is 10.0 Å². The first-order valence-electron chi connectivity index (χ1n) is 10.5. The van der Waals surface area contributed by atoms with Crippen LogP contribution in [0, 0.1) is 0 Å². The summed E-state index contributed by atoms with van der Waals surface area (Å²) in [5, 5.41) is 0. The van der Waals surface area contributed by atoms with Gasteiger partial charge in [-0.05, 0) is 31.0 Å². The largest absolute Gasteiger partial charge is 0.377 e. The standard InChI is InChI=1S/C21H34N4O3S/c1-22(2)19-11-10-17(16-20(19)29(27,28)23(3)4)21(26)25-14-12-24(13-15-25)18-8-6-5-7-9-18/h10-11,16,18H,5-9,12-15H2,1-4H3. The lowest BCUT2D eigenvalue weighted by molar-refractivity contribution is 0.0523. The molecule has 0 unspecified atom stereocenters. The van der Waals surface area contributed by atoms with Crippen LogP contribution in [0.5, 0.6) is 0 Å². The molecule has 1 saturated carbocycles. The van der Waals surface area contributed by atoms with Gasteiger partial charge in [-0.2, -0.15) is 0 Å². The Bertz CT molecular complexity index is 824. The third kappa shape index (κ3) is 4.75. The fraction of sp³-hybridized carbons (Fsp3) is 0.667. The maximum atomic E-state index is 13.1. The molecule has 1 heterocycles. The smallest absolute Gasteiger partial charge is 0.253 e. The van der Waals surface area contributed by atoms with E-state index in [1.54, 1.807) is 31.1 Å². The van der Waals surface area contributed by atoms with E-state index in [0.29, 0.717) is 30.4 Å². The Morgan fingerprint density at radius 2 is 1.59 bits per heavy atom. The summed E-state index contributed by atoms with van der Waals surface area (Å²) >= 11 is 0. The molecule has 1 aromatic carbocycles. The van der Waals surface area contributed by atoms with Crippen LogP contribution in [0.15, 0.2) is 23.1 Å². The van der Waals surface area contributed by atoms with Gasteiger partial charge in [0.1, 0.15) is 4.90 Å². The summed E-state index contributed by atoms with van der Waals surface area (Å²) in [5.41, 5.74) is 1.01. The lowest BCUT2D eigenvalue weighted by Crippen LogP contribution is -2.52. The van der Waals surface area contributed by atoms with Gasteiger partial charge in [0, 0.05) is 66.0 Å². The van der Waals surface area contributed by atoms with Crippen LogP contribution in [0.3, 0.4) is 0 Å². The third-order valence-corrected chi connectivity index (χ3v) is 7.98. The summed E-state index contributed by atoms with van der Waals surface area (Å²) in [6.45, 7) is 3.19. The van der Waals surface area contributed by atoms with Crippen LogP contribution in [0.4, 0.5) is 5.69 Å². The summed E-state index contributed by atoms with van der Waals surface area (Å²) in [6, 6.07) is 5.65. The van der Waals surface area contributed by atoms with E-state index in [-0.39, 0.29) is 10.8 Å². The van der Waals surface area contributed by atoms with Crippen molar-refractivity contribution >= 4 is 21.6 Å². The Kier molecular flexibility index (Phi) is 6.86. The Morgan fingerprint density at radius 1 is 0.966 bits per heavy atom. The summed E-state index contributed by atoms with van der Waals surface area (Å²) in [4.78, 5) is 19.4. The Morgan fingerprint density at radius 3 is 2.14 bits per heavy atom. The van der Waals surface area contributed by atoms with E-state index in [1.807, 2.05) is 4.90 Å². The second-order valence-electron chi connectivity index (χ2n) is 8.48. The Labute approximate surface area is 175 Å². The van der Waals surface area contributed by atoms with Gasteiger partial charge >= 0.3 is 0 Å². The van der Waals surface area contributed by atoms with E-state index >= 15 is 0 Å². The fourth-order valence-electron chi connectivity index (χ4n) is 4.34. The number of hydrogen-bond donors (Lipinski definition) is 0. The summed E-state index contributed by atoms with van der Waals surface area (Å²) < 4.78 is 26.8. The van der Waals surface area contributed by atoms with Crippen LogP contribution in [0.1, 0.15) is 42.5 Å². The molecule has 0 radical (unpaired) electrons. The number of sulfonamides is 1. The number of carbonyl (C=O) groups is 1. The van der Waals surface area contributed by atoms with Gasteiger partial charge in [-0.3, -0.25) is 9.69 Å². The van der Waals surface area contributed by atoms with E-state index in [4.69, 9.17) is 0 Å². The molecule has 0 spiro atoms. The monoisotopic (exact) mass is 422 g/mol. The first-order chi connectivity index (χ1) is 13.7. The number of hydrogen-bond acceptors (Lipinski definition) is 5. The molecule has 1 aliphatic heterocycles. The quantitative estimate of drug-likeness (QED) is 0.727. The van der Waals surface area contributed by atoms with Crippen molar-refractivity contribution in [3.8, 4) is 0 Å². The maximum Gasteiger partial charge on any atom is 0.253 e. The van der Waals surface area contributed by atoms with E-state index in [1.165, 1.54) is 56.6 Å². The van der Waals surface area contributed by atoms with E-state index < -0.39 is 10.0 Å². The summed E-state index contributed by atoms with van der Waals surface area (Å²) in [6.07, 6.45) is 6.50. The average Bonchev–Trinajstić information content (AvgIpc) is 2.73. The lowest BCUT2D eigenvalue weighted by Gasteiger charge is -2.40. The minimum absolute atomic E-state index is 0.0891. The van der Waals surface area contributed by atoms with Crippen LogP contribution < -0.4 is 4.90 Å². The van der Waals surface area contributed by atoms with Crippen molar-refractivity contribution in [2.75, 3.05) is 59.3 Å². The number of piperazine rings is 1. The minimum Gasteiger partial charge on any atom is -0.377 e.